The van der Waals surface area contributed by atoms with Crippen molar-refractivity contribution < 1.29 is 49.5 Å². The van der Waals surface area contributed by atoms with Crippen LogP contribution in [-0.2, 0) is 9.59 Å². The molecule has 0 aromatic heterocycles. The normalized spacial score (nSPS) is 10.6. The summed E-state index contributed by atoms with van der Waals surface area (Å²) in [5, 5.41) is 18.7. The van der Waals surface area contributed by atoms with E-state index >= 15 is 0 Å². The molecular weight excluding hydrogens is 331 g/mol. The summed E-state index contributed by atoms with van der Waals surface area (Å²) < 4.78 is 0. The minimum absolute atomic E-state index is 0. The smallest absolute Gasteiger partial charge is 0.480 e. The molecule has 0 atom stereocenters. The summed E-state index contributed by atoms with van der Waals surface area (Å²) in [4.78, 5) is 24.3. The van der Waals surface area contributed by atoms with E-state index in [1.807, 2.05) is 6.92 Å². The van der Waals surface area contributed by atoms with Gasteiger partial charge in [0.05, 0.1) is 0 Å². The first-order valence-electron chi connectivity index (χ1n) is 9.44. The summed E-state index contributed by atoms with van der Waals surface area (Å²) in [6.07, 6.45) is 11.5. The molecule has 0 aromatic carbocycles. The fourth-order valence-corrected chi connectivity index (χ4v) is 2.68. The number of nitrogens with zero attached hydrogens (tertiary/aromatic N) is 2. The number of hydroxylamine groups is 2. The number of carbonyl (C=O) groups excluding carboxylic acids is 1. The quantitative estimate of drug-likeness (QED) is 0.236. The van der Waals surface area contributed by atoms with Crippen molar-refractivity contribution in [1.82, 2.24) is 9.96 Å². The van der Waals surface area contributed by atoms with Gasteiger partial charge in [-0.1, -0.05) is 58.3 Å². The Morgan fingerprint density at radius 2 is 1.36 bits per heavy atom. The minimum Gasteiger partial charge on any atom is -0.480 e. The number of carbonyl (C=O) groups is 2. The molecule has 142 valence electrons. The number of hydrogen-bond donors (Lipinski definition) is 2. The molecule has 0 radical (unpaired) electrons. The number of aliphatic carboxylic acids is 1. The monoisotopic (exact) mass is 367 g/mol. The Bertz CT molecular complexity index is 343. The van der Waals surface area contributed by atoms with Crippen LogP contribution in [0.1, 0.15) is 78.1 Å². The molecular formula is C18H36N2NaO4+. The van der Waals surface area contributed by atoms with E-state index in [-0.39, 0.29) is 42.0 Å². The fraction of sp³-hybridized carbons (Fsp3) is 0.889. The van der Waals surface area contributed by atoms with Gasteiger partial charge in [0.25, 0.3) is 0 Å². The largest absolute Gasteiger partial charge is 1.00 e. The summed E-state index contributed by atoms with van der Waals surface area (Å²) in [6.45, 7) is 4.79. The van der Waals surface area contributed by atoms with Crippen molar-refractivity contribution in [2.45, 2.75) is 78.1 Å². The molecule has 0 saturated heterocycles. The van der Waals surface area contributed by atoms with Gasteiger partial charge in [-0.3, -0.25) is 9.59 Å². The minimum atomic E-state index is -1.08. The first kappa shape index (κ1) is 27.1. The number of amides is 1. The van der Waals surface area contributed by atoms with Crippen LogP contribution in [0.4, 0.5) is 0 Å². The number of unbranched alkanes of at least 4 members (excludes halogenated alkanes) is 8. The maximum absolute atomic E-state index is 12.1. The van der Waals surface area contributed by atoms with Gasteiger partial charge in [-0.15, -0.1) is 0 Å². The molecule has 0 fully saturated rings. The van der Waals surface area contributed by atoms with Gasteiger partial charge < -0.3 is 15.2 Å². The summed E-state index contributed by atoms with van der Waals surface area (Å²) in [5.74, 6) is -0.995. The number of carboxylic acid groups (broad SMARTS) is 1. The first-order chi connectivity index (χ1) is 11.5. The van der Waals surface area contributed by atoms with Crippen molar-refractivity contribution in [2.75, 3.05) is 26.2 Å². The molecule has 25 heavy (non-hydrogen) atoms. The standard InChI is InChI=1S/C18H36N2O4.Na/c1-3-5-6-7-8-9-10-11-12-13-17(21)19(4-2)14-15-20(24)16-18(22)23;/h24H,3-16H2,1-2H3,(H,22,23);/q;+1. The Kier molecular flexibility index (Phi) is 20.2. The predicted molar refractivity (Wildman–Crippen MR) is 95.1 cm³/mol. The molecule has 0 heterocycles. The van der Waals surface area contributed by atoms with Gasteiger partial charge in [0.15, 0.2) is 0 Å². The molecule has 0 saturated carbocycles. The van der Waals surface area contributed by atoms with Crippen molar-refractivity contribution >= 4 is 11.9 Å². The summed E-state index contributed by atoms with van der Waals surface area (Å²) in [6, 6.07) is 0. The van der Waals surface area contributed by atoms with Gasteiger partial charge in [0.1, 0.15) is 6.54 Å². The second-order valence-electron chi connectivity index (χ2n) is 6.33. The average molecular weight is 367 g/mol. The summed E-state index contributed by atoms with van der Waals surface area (Å²) in [7, 11) is 0. The van der Waals surface area contributed by atoms with E-state index in [1.54, 1.807) is 4.90 Å². The molecule has 1 amide bonds. The van der Waals surface area contributed by atoms with Crippen LogP contribution >= 0.6 is 0 Å². The molecule has 0 bridgehead atoms. The number of likely N-dealkylation sites (N-methyl/N-ethyl adjacent to an activating group) is 1. The van der Waals surface area contributed by atoms with Crippen LogP contribution in [0.3, 0.4) is 0 Å². The number of carboxylic acids is 1. The van der Waals surface area contributed by atoms with E-state index in [2.05, 4.69) is 6.92 Å². The third-order valence-corrected chi connectivity index (χ3v) is 4.17. The SMILES string of the molecule is CCCCCCCCCCCC(=O)N(CC)CCN(O)CC(=O)O.[Na+]. The van der Waals surface area contributed by atoms with Crippen LogP contribution in [0, 0.1) is 0 Å². The zero-order valence-corrected chi connectivity index (χ0v) is 18.5. The van der Waals surface area contributed by atoms with E-state index in [0.29, 0.717) is 19.5 Å². The molecule has 0 unspecified atom stereocenters. The van der Waals surface area contributed by atoms with Crippen LogP contribution in [0.25, 0.3) is 0 Å². The van der Waals surface area contributed by atoms with Gasteiger partial charge in [0, 0.05) is 26.1 Å². The first-order valence-corrected chi connectivity index (χ1v) is 9.44. The van der Waals surface area contributed by atoms with Crippen LogP contribution in [-0.4, -0.2) is 58.3 Å². The molecule has 0 aromatic rings. The van der Waals surface area contributed by atoms with Crippen molar-refractivity contribution in [2.24, 2.45) is 0 Å². The Morgan fingerprint density at radius 1 is 0.840 bits per heavy atom. The van der Waals surface area contributed by atoms with Gasteiger partial charge >= 0.3 is 35.5 Å². The van der Waals surface area contributed by atoms with Crippen LogP contribution in [0.15, 0.2) is 0 Å². The van der Waals surface area contributed by atoms with Crippen molar-refractivity contribution in [1.29, 1.82) is 0 Å². The number of hydrogen-bond acceptors (Lipinski definition) is 4. The predicted octanol–water partition coefficient (Wildman–Crippen LogP) is 0.536. The molecule has 0 aliphatic carbocycles. The van der Waals surface area contributed by atoms with E-state index < -0.39 is 12.5 Å². The van der Waals surface area contributed by atoms with E-state index in [1.165, 1.54) is 44.9 Å². The Balaban J connectivity index is 0. The molecule has 0 spiro atoms. The molecule has 2 N–H and O–H groups in total. The van der Waals surface area contributed by atoms with Gasteiger partial charge in [-0.25, -0.2) is 0 Å². The van der Waals surface area contributed by atoms with Crippen LogP contribution in [0.5, 0.6) is 0 Å². The maximum Gasteiger partial charge on any atom is 1.00 e. The van der Waals surface area contributed by atoms with Gasteiger partial charge in [-0.2, -0.15) is 5.06 Å². The van der Waals surface area contributed by atoms with Crippen molar-refractivity contribution in [3.8, 4) is 0 Å². The summed E-state index contributed by atoms with van der Waals surface area (Å²) in [5.41, 5.74) is 0. The number of rotatable bonds is 16. The second-order valence-corrected chi connectivity index (χ2v) is 6.33. The van der Waals surface area contributed by atoms with Crippen molar-refractivity contribution in [3.05, 3.63) is 0 Å². The third-order valence-electron chi connectivity index (χ3n) is 4.17. The van der Waals surface area contributed by atoms with Gasteiger partial charge in [-0.05, 0) is 13.3 Å². The molecule has 6 nitrogen and oxygen atoms in total. The maximum atomic E-state index is 12.1. The molecule has 0 aliphatic heterocycles. The van der Waals surface area contributed by atoms with E-state index in [9.17, 15) is 14.8 Å². The molecule has 0 rings (SSSR count). The van der Waals surface area contributed by atoms with Crippen LogP contribution < -0.4 is 29.6 Å². The Morgan fingerprint density at radius 3 is 1.84 bits per heavy atom. The van der Waals surface area contributed by atoms with Crippen LogP contribution in [0.2, 0.25) is 0 Å². The van der Waals surface area contributed by atoms with E-state index in [0.717, 1.165) is 17.9 Å². The zero-order valence-electron chi connectivity index (χ0n) is 16.5. The molecule has 7 heteroatoms. The topological polar surface area (TPSA) is 81.1 Å². The third kappa shape index (κ3) is 17.0. The zero-order chi connectivity index (χ0) is 18.2. The Labute approximate surface area is 175 Å². The average Bonchev–Trinajstić information content (AvgIpc) is 2.53. The fourth-order valence-electron chi connectivity index (χ4n) is 2.68. The van der Waals surface area contributed by atoms with E-state index in [4.69, 9.17) is 5.11 Å². The molecule has 0 aliphatic rings. The Hall–Kier alpha value is -0.140. The van der Waals surface area contributed by atoms with Gasteiger partial charge in [0.2, 0.25) is 5.91 Å². The summed E-state index contributed by atoms with van der Waals surface area (Å²) >= 11 is 0. The second kappa shape index (κ2) is 18.6. The van der Waals surface area contributed by atoms with Crippen molar-refractivity contribution in [3.63, 3.8) is 0 Å².